The number of carboxylic acids is 1. The van der Waals surface area contributed by atoms with Gasteiger partial charge in [-0.3, -0.25) is 4.79 Å². The Morgan fingerprint density at radius 2 is 1.62 bits per heavy atom. The number of allylic oxidation sites excluding steroid dienone is 1. The zero-order valence-corrected chi connectivity index (χ0v) is 14.9. The molecule has 0 saturated heterocycles. The molecule has 2 N–H and O–H groups in total. The highest BCUT2D eigenvalue weighted by molar-refractivity contribution is 6.07. The molecule has 0 atom stereocenters. The molecular formula is C19H15F4NO5. The number of halogens is 4. The Hall–Kier alpha value is -3.56. The number of ether oxygens (including phenoxy) is 2. The number of carbonyl (C=O) groups is 2. The van der Waals surface area contributed by atoms with Gasteiger partial charge in [0.05, 0.1) is 11.3 Å². The van der Waals surface area contributed by atoms with E-state index in [1.807, 2.05) is 0 Å². The summed E-state index contributed by atoms with van der Waals surface area (Å²) < 4.78 is 58.2. The summed E-state index contributed by atoms with van der Waals surface area (Å²) in [6.07, 6.45) is 1.09. The fourth-order valence-corrected chi connectivity index (χ4v) is 2.36. The Morgan fingerprint density at radius 1 is 1.00 bits per heavy atom. The number of carboxylic acid groups (broad SMARTS) is 1. The smallest absolute Gasteiger partial charge is 0.387 e. The highest BCUT2D eigenvalue weighted by Gasteiger charge is 2.16. The van der Waals surface area contributed by atoms with Crippen LogP contribution in [0.25, 0.3) is 5.57 Å². The Labute approximate surface area is 162 Å². The first kappa shape index (κ1) is 21.7. The minimum atomic E-state index is -3.27. The molecule has 0 heterocycles. The van der Waals surface area contributed by atoms with Crippen molar-refractivity contribution in [2.75, 3.05) is 5.32 Å². The number of alkyl halides is 4. The van der Waals surface area contributed by atoms with Gasteiger partial charge in [0, 0.05) is 6.08 Å². The number of anilines is 1. The first-order chi connectivity index (χ1) is 13.7. The first-order valence-corrected chi connectivity index (χ1v) is 8.03. The SMILES string of the molecule is C/C(=C/C(=O)Nc1ccccc1C(=O)O)c1ccc(OC(F)F)c(OC(F)F)c1. The summed E-state index contributed by atoms with van der Waals surface area (Å²) in [7, 11) is 0. The van der Waals surface area contributed by atoms with Crippen LogP contribution in [-0.4, -0.2) is 30.2 Å². The summed E-state index contributed by atoms with van der Waals surface area (Å²) in [6, 6.07) is 9.05. The minimum absolute atomic E-state index is 0.0662. The largest absolute Gasteiger partial charge is 0.478 e. The van der Waals surface area contributed by atoms with E-state index >= 15 is 0 Å². The van der Waals surface area contributed by atoms with Gasteiger partial charge < -0.3 is 19.9 Å². The maximum Gasteiger partial charge on any atom is 0.387 e. The summed E-state index contributed by atoms with van der Waals surface area (Å²) in [5.74, 6) is -3.12. The molecule has 1 amide bonds. The van der Waals surface area contributed by atoms with E-state index in [1.165, 1.54) is 37.3 Å². The van der Waals surface area contributed by atoms with Crippen LogP contribution in [0.1, 0.15) is 22.8 Å². The third kappa shape index (κ3) is 6.23. The number of amides is 1. The maximum absolute atomic E-state index is 12.5. The van der Waals surface area contributed by atoms with Gasteiger partial charge in [-0.1, -0.05) is 18.2 Å². The van der Waals surface area contributed by atoms with Crippen molar-refractivity contribution in [3.8, 4) is 11.5 Å². The van der Waals surface area contributed by atoms with E-state index in [1.54, 1.807) is 0 Å². The lowest BCUT2D eigenvalue weighted by Gasteiger charge is -2.13. The van der Waals surface area contributed by atoms with E-state index in [9.17, 15) is 27.2 Å². The van der Waals surface area contributed by atoms with Gasteiger partial charge in [-0.05, 0) is 42.3 Å². The number of benzene rings is 2. The topological polar surface area (TPSA) is 84.9 Å². The molecule has 0 aliphatic heterocycles. The molecule has 10 heteroatoms. The van der Waals surface area contributed by atoms with Crippen molar-refractivity contribution in [3.63, 3.8) is 0 Å². The van der Waals surface area contributed by atoms with Crippen molar-refractivity contribution in [2.45, 2.75) is 20.1 Å². The number of hydrogen-bond donors (Lipinski definition) is 2. The van der Waals surface area contributed by atoms with E-state index in [0.717, 1.165) is 18.2 Å². The molecule has 6 nitrogen and oxygen atoms in total. The zero-order valence-electron chi connectivity index (χ0n) is 14.9. The highest BCUT2D eigenvalue weighted by Crippen LogP contribution is 2.33. The number of rotatable bonds is 8. The van der Waals surface area contributed by atoms with E-state index in [2.05, 4.69) is 14.8 Å². The maximum atomic E-state index is 12.5. The zero-order chi connectivity index (χ0) is 21.6. The highest BCUT2D eigenvalue weighted by atomic mass is 19.3. The molecule has 2 aromatic rings. The Kier molecular flexibility index (Phi) is 7.18. The van der Waals surface area contributed by atoms with Crippen LogP contribution in [0.3, 0.4) is 0 Å². The lowest BCUT2D eigenvalue weighted by Crippen LogP contribution is -2.12. The van der Waals surface area contributed by atoms with Crippen molar-refractivity contribution >= 4 is 23.1 Å². The van der Waals surface area contributed by atoms with Gasteiger partial charge in [-0.15, -0.1) is 0 Å². The molecule has 0 aliphatic carbocycles. The van der Waals surface area contributed by atoms with Crippen LogP contribution in [0.15, 0.2) is 48.5 Å². The third-order valence-electron chi connectivity index (χ3n) is 3.59. The summed E-state index contributed by atoms with van der Waals surface area (Å²) in [6.45, 7) is -5.04. The first-order valence-electron chi connectivity index (χ1n) is 8.03. The summed E-state index contributed by atoms with van der Waals surface area (Å²) in [4.78, 5) is 23.4. The lowest BCUT2D eigenvalue weighted by atomic mass is 10.1. The number of nitrogens with one attached hydrogen (secondary N) is 1. The fraction of sp³-hybridized carbons (Fsp3) is 0.158. The number of carbonyl (C=O) groups excluding carboxylic acids is 1. The van der Waals surface area contributed by atoms with E-state index < -0.39 is 36.6 Å². The number of hydrogen-bond acceptors (Lipinski definition) is 4. The van der Waals surface area contributed by atoms with Crippen molar-refractivity contribution in [1.29, 1.82) is 0 Å². The van der Waals surface area contributed by atoms with Crippen LogP contribution in [-0.2, 0) is 4.79 Å². The van der Waals surface area contributed by atoms with Crippen molar-refractivity contribution in [1.82, 2.24) is 0 Å². The molecule has 0 spiro atoms. The Morgan fingerprint density at radius 3 is 2.24 bits per heavy atom. The average molecular weight is 413 g/mol. The van der Waals surface area contributed by atoms with Crippen molar-refractivity contribution in [3.05, 3.63) is 59.7 Å². The molecule has 154 valence electrons. The second kappa shape index (κ2) is 9.58. The number of aromatic carboxylic acids is 1. The summed E-state index contributed by atoms with van der Waals surface area (Å²) >= 11 is 0. The molecule has 0 fully saturated rings. The molecular weight excluding hydrogens is 398 g/mol. The van der Waals surface area contributed by atoms with Crippen molar-refractivity contribution < 1.29 is 41.7 Å². The Balaban J connectivity index is 2.26. The molecule has 0 aromatic heterocycles. The van der Waals surface area contributed by atoms with Gasteiger partial charge in [0.15, 0.2) is 11.5 Å². The van der Waals surface area contributed by atoms with Crippen LogP contribution >= 0.6 is 0 Å². The van der Waals surface area contributed by atoms with Crippen LogP contribution in [0.4, 0.5) is 23.2 Å². The third-order valence-corrected chi connectivity index (χ3v) is 3.59. The minimum Gasteiger partial charge on any atom is -0.478 e. The predicted molar refractivity (Wildman–Crippen MR) is 95.4 cm³/mol. The molecule has 0 unspecified atom stereocenters. The fourth-order valence-electron chi connectivity index (χ4n) is 2.36. The van der Waals surface area contributed by atoms with Crippen LogP contribution in [0.5, 0.6) is 11.5 Å². The molecule has 2 aromatic carbocycles. The standard InChI is InChI=1S/C19H15F4NO5/c1-10(8-16(25)24-13-5-3-2-4-12(13)17(26)27)11-6-7-14(28-18(20)21)15(9-11)29-19(22)23/h2-9,18-19H,1H3,(H,24,25)(H,26,27)/b10-8-. The van der Waals surface area contributed by atoms with Crippen LogP contribution in [0.2, 0.25) is 0 Å². The molecule has 0 bridgehead atoms. The van der Waals surface area contributed by atoms with Gasteiger partial charge in [0.25, 0.3) is 0 Å². The number of para-hydroxylation sites is 1. The quantitative estimate of drug-likeness (QED) is 0.487. The average Bonchev–Trinajstić information content (AvgIpc) is 2.62. The molecule has 29 heavy (non-hydrogen) atoms. The molecule has 0 radical (unpaired) electrons. The second-order valence-electron chi connectivity index (χ2n) is 5.59. The van der Waals surface area contributed by atoms with Gasteiger partial charge in [-0.2, -0.15) is 17.6 Å². The van der Waals surface area contributed by atoms with Gasteiger partial charge in [0.1, 0.15) is 0 Å². The molecule has 2 rings (SSSR count). The normalized spacial score (nSPS) is 11.5. The van der Waals surface area contributed by atoms with Gasteiger partial charge >= 0.3 is 19.2 Å². The molecule has 0 saturated carbocycles. The second-order valence-corrected chi connectivity index (χ2v) is 5.59. The summed E-state index contributed by atoms with van der Waals surface area (Å²) in [5, 5.41) is 11.5. The molecule has 0 aliphatic rings. The van der Waals surface area contributed by atoms with Gasteiger partial charge in [-0.25, -0.2) is 4.79 Å². The summed E-state index contributed by atoms with van der Waals surface area (Å²) in [5.41, 5.74) is 0.450. The Bertz CT molecular complexity index is 931. The van der Waals surface area contributed by atoms with Crippen molar-refractivity contribution in [2.24, 2.45) is 0 Å². The van der Waals surface area contributed by atoms with E-state index in [4.69, 9.17) is 5.11 Å². The van der Waals surface area contributed by atoms with E-state index in [0.29, 0.717) is 0 Å². The van der Waals surface area contributed by atoms with E-state index in [-0.39, 0.29) is 22.4 Å². The van der Waals surface area contributed by atoms with Crippen LogP contribution in [0, 0.1) is 0 Å². The monoisotopic (exact) mass is 413 g/mol. The predicted octanol–water partition coefficient (Wildman–Crippen LogP) is 4.63. The lowest BCUT2D eigenvalue weighted by molar-refractivity contribution is -0.111. The van der Waals surface area contributed by atoms with Gasteiger partial charge in [0.2, 0.25) is 5.91 Å². The van der Waals surface area contributed by atoms with Crippen LogP contribution < -0.4 is 14.8 Å².